The number of carbonyl (C=O) groups is 1. The zero-order valence-corrected chi connectivity index (χ0v) is 11.6. The predicted octanol–water partition coefficient (Wildman–Crippen LogP) is 1.43. The summed E-state index contributed by atoms with van der Waals surface area (Å²) in [6.45, 7) is 12.4. The van der Waals surface area contributed by atoms with Crippen LogP contribution >= 0.6 is 0 Å². The number of rotatable bonds is 8. The average Bonchev–Trinajstić information content (AvgIpc) is 2.22. The van der Waals surface area contributed by atoms with Crippen LogP contribution < -0.4 is 5.32 Å². The molecule has 1 N–H and O–H groups in total. The van der Waals surface area contributed by atoms with Crippen LogP contribution in [0.3, 0.4) is 0 Å². The Labute approximate surface area is 105 Å². The van der Waals surface area contributed by atoms with Gasteiger partial charge >= 0.3 is 0 Å². The van der Waals surface area contributed by atoms with Gasteiger partial charge in [-0.25, -0.2) is 0 Å². The monoisotopic (exact) mass is 242 g/mol. The minimum Gasteiger partial charge on any atom is -0.383 e. The maximum absolute atomic E-state index is 11.9. The van der Waals surface area contributed by atoms with E-state index in [0.29, 0.717) is 32.7 Å². The fourth-order valence-electron chi connectivity index (χ4n) is 1.38. The van der Waals surface area contributed by atoms with E-state index < -0.39 is 0 Å². The lowest BCUT2D eigenvalue weighted by atomic mass is 10.1. The molecule has 0 aliphatic rings. The van der Waals surface area contributed by atoms with E-state index in [1.807, 2.05) is 0 Å². The number of carbonyl (C=O) groups excluding carboxylic acids is 1. The maximum Gasteiger partial charge on any atom is 0.224 e. The van der Waals surface area contributed by atoms with E-state index in [4.69, 9.17) is 4.74 Å². The Balaban J connectivity index is 4.00. The second-order valence-electron chi connectivity index (χ2n) is 5.05. The van der Waals surface area contributed by atoms with Gasteiger partial charge in [-0.3, -0.25) is 4.79 Å². The Bertz CT molecular complexity index is 234. The summed E-state index contributed by atoms with van der Waals surface area (Å²) in [5, 5.41) is 3.30. The fraction of sp³-hybridized carbons (Fsp3) is 0.769. The van der Waals surface area contributed by atoms with Crippen LogP contribution in [0.1, 0.15) is 27.2 Å². The molecule has 0 aromatic rings. The third-order valence-electron chi connectivity index (χ3n) is 2.26. The number of methoxy groups -OCH3 is 1. The normalized spacial score (nSPS) is 11.3. The molecule has 0 bridgehead atoms. The first-order valence-electron chi connectivity index (χ1n) is 6.03. The minimum atomic E-state index is 0.0517. The highest BCUT2D eigenvalue weighted by Crippen LogP contribution is 2.00. The van der Waals surface area contributed by atoms with Crippen molar-refractivity contribution in [1.29, 1.82) is 0 Å². The van der Waals surface area contributed by atoms with E-state index in [0.717, 1.165) is 0 Å². The highest BCUT2D eigenvalue weighted by Gasteiger charge is 2.13. The van der Waals surface area contributed by atoms with Gasteiger partial charge in [0.1, 0.15) is 0 Å². The third-order valence-corrected chi connectivity index (χ3v) is 2.26. The standard InChI is InChI=1S/C13H26N2O2/c1-6-9-15(10-11-17-5)12(16)7-8-14-13(2,3)4/h6,14H,1,7-11H2,2-5H3. The van der Waals surface area contributed by atoms with Gasteiger partial charge in [-0.1, -0.05) is 6.08 Å². The van der Waals surface area contributed by atoms with Crippen molar-refractivity contribution >= 4 is 5.91 Å². The highest BCUT2D eigenvalue weighted by atomic mass is 16.5. The van der Waals surface area contributed by atoms with Crippen LogP contribution in [0, 0.1) is 0 Å². The average molecular weight is 242 g/mol. The predicted molar refractivity (Wildman–Crippen MR) is 71.0 cm³/mol. The zero-order valence-electron chi connectivity index (χ0n) is 11.6. The van der Waals surface area contributed by atoms with Crippen LogP contribution in [-0.4, -0.2) is 49.7 Å². The van der Waals surface area contributed by atoms with Gasteiger partial charge in [-0.05, 0) is 20.8 Å². The van der Waals surface area contributed by atoms with E-state index >= 15 is 0 Å². The molecule has 0 heterocycles. The Kier molecular flexibility index (Phi) is 7.83. The second kappa shape index (κ2) is 8.25. The Morgan fingerprint density at radius 1 is 1.47 bits per heavy atom. The van der Waals surface area contributed by atoms with Gasteiger partial charge in [0.2, 0.25) is 5.91 Å². The first-order valence-corrected chi connectivity index (χ1v) is 6.03. The van der Waals surface area contributed by atoms with Gasteiger partial charge in [0.25, 0.3) is 0 Å². The van der Waals surface area contributed by atoms with E-state index in [1.165, 1.54) is 0 Å². The summed E-state index contributed by atoms with van der Waals surface area (Å²) in [5.74, 6) is 0.138. The van der Waals surface area contributed by atoms with Gasteiger partial charge in [0.15, 0.2) is 0 Å². The molecule has 1 amide bonds. The number of nitrogens with one attached hydrogen (secondary N) is 1. The van der Waals surface area contributed by atoms with Gasteiger partial charge in [0, 0.05) is 38.7 Å². The highest BCUT2D eigenvalue weighted by molar-refractivity contribution is 5.76. The summed E-state index contributed by atoms with van der Waals surface area (Å²) >= 11 is 0. The number of hydrogen-bond acceptors (Lipinski definition) is 3. The molecule has 0 aromatic carbocycles. The summed E-state index contributed by atoms with van der Waals surface area (Å²) < 4.78 is 4.98. The zero-order chi connectivity index (χ0) is 13.3. The lowest BCUT2D eigenvalue weighted by Crippen LogP contribution is -2.40. The lowest BCUT2D eigenvalue weighted by Gasteiger charge is -2.23. The molecule has 0 aromatic heterocycles. The molecule has 0 aliphatic carbocycles. The van der Waals surface area contributed by atoms with Crippen molar-refractivity contribution < 1.29 is 9.53 Å². The van der Waals surface area contributed by atoms with Crippen molar-refractivity contribution in [2.24, 2.45) is 0 Å². The van der Waals surface area contributed by atoms with Crippen LogP contribution in [0.15, 0.2) is 12.7 Å². The largest absolute Gasteiger partial charge is 0.383 e. The molecule has 0 unspecified atom stereocenters. The van der Waals surface area contributed by atoms with Crippen molar-refractivity contribution in [3.05, 3.63) is 12.7 Å². The van der Waals surface area contributed by atoms with Crippen LogP contribution in [0.2, 0.25) is 0 Å². The van der Waals surface area contributed by atoms with Crippen LogP contribution in [0.25, 0.3) is 0 Å². The maximum atomic E-state index is 11.9. The van der Waals surface area contributed by atoms with E-state index in [2.05, 4.69) is 32.7 Å². The summed E-state index contributed by atoms with van der Waals surface area (Å²) in [7, 11) is 1.64. The first kappa shape index (κ1) is 16.1. The van der Waals surface area contributed by atoms with E-state index in [1.54, 1.807) is 18.1 Å². The number of ether oxygens (including phenoxy) is 1. The van der Waals surface area contributed by atoms with Crippen molar-refractivity contribution in [3.8, 4) is 0 Å². The molecule has 0 rings (SSSR count). The Morgan fingerprint density at radius 3 is 2.59 bits per heavy atom. The topological polar surface area (TPSA) is 41.6 Å². The minimum absolute atomic E-state index is 0.0517. The van der Waals surface area contributed by atoms with Gasteiger partial charge < -0.3 is 15.0 Å². The Hall–Kier alpha value is -0.870. The molecule has 0 saturated heterocycles. The molecule has 0 radical (unpaired) electrons. The molecular formula is C13H26N2O2. The number of nitrogens with zero attached hydrogens (tertiary/aromatic N) is 1. The van der Waals surface area contributed by atoms with E-state index in [9.17, 15) is 4.79 Å². The SMILES string of the molecule is C=CCN(CCOC)C(=O)CCNC(C)(C)C. The molecule has 17 heavy (non-hydrogen) atoms. The molecule has 100 valence electrons. The smallest absolute Gasteiger partial charge is 0.224 e. The van der Waals surface area contributed by atoms with Crippen molar-refractivity contribution in [1.82, 2.24) is 10.2 Å². The van der Waals surface area contributed by atoms with E-state index in [-0.39, 0.29) is 11.4 Å². The molecule has 0 aliphatic heterocycles. The summed E-state index contributed by atoms with van der Waals surface area (Å²) in [6, 6.07) is 0. The first-order chi connectivity index (χ1) is 7.90. The summed E-state index contributed by atoms with van der Waals surface area (Å²) in [6.07, 6.45) is 2.25. The van der Waals surface area contributed by atoms with Crippen molar-refractivity contribution in [2.45, 2.75) is 32.7 Å². The molecule has 4 nitrogen and oxygen atoms in total. The van der Waals surface area contributed by atoms with Crippen molar-refractivity contribution in [2.75, 3.05) is 33.4 Å². The summed E-state index contributed by atoms with van der Waals surface area (Å²) in [4.78, 5) is 13.7. The number of hydrogen-bond donors (Lipinski definition) is 1. The van der Waals surface area contributed by atoms with Crippen molar-refractivity contribution in [3.63, 3.8) is 0 Å². The Morgan fingerprint density at radius 2 is 2.12 bits per heavy atom. The van der Waals surface area contributed by atoms with Gasteiger partial charge in [0.05, 0.1) is 6.61 Å². The lowest BCUT2D eigenvalue weighted by molar-refractivity contribution is -0.131. The molecular weight excluding hydrogens is 216 g/mol. The molecule has 0 atom stereocenters. The third kappa shape index (κ3) is 8.89. The summed E-state index contributed by atoms with van der Waals surface area (Å²) in [5.41, 5.74) is 0.0517. The molecule has 0 spiro atoms. The molecule has 4 heteroatoms. The van der Waals surface area contributed by atoms with Crippen LogP contribution in [0.5, 0.6) is 0 Å². The quantitative estimate of drug-likeness (QED) is 0.655. The van der Waals surface area contributed by atoms with Crippen LogP contribution in [-0.2, 0) is 9.53 Å². The van der Waals surface area contributed by atoms with Gasteiger partial charge in [-0.2, -0.15) is 0 Å². The number of amides is 1. The van der Waals surface area contributed by atoms with Gasteiger partial charge in [-0.15, -0.1) is 6.58 Å². The van der Waals surface area contributed by atoms with Crippen LogP contribution in [0.4, 0.5) is 0 Å². The fourth-order valence-corrected chi connectivity index (χ4v) is 1.38. The second-order valence-corrected chi connectivity index (χ2v) is 5.05. The molecule has 0 fully saturated rings. The molecule has 0 saturated carbocycles.